The van der Waals surface area contributed by atoms with E-state index in [0.29, 0.717) is 0 Å². The molecule has 2 rings (SSSR count). The third-order valence-electron chi connectivity index (χ3n) is 3.73. The highest BCUT2D eigenvalue weighted by atomic mass is 16.5. The van der Waals surface area contributed by atoms with E-state index in [-0.39, 0.29) is 0 Å². The molecule has 0 saturated heterocycles. The highest BCUT2D eigenvalue weighted by molar-refractivity contribution is 5.87. The second kappa shape index (κ2) is 5.02. The Morgan fingerprint density at radius 1 is 1.21 bits per heavy atom. The molecule has 0 aliphatic carbocycles. The van der Waals surface area contributed by atoms with Crippen LogP contribution < -0.4 is 0 Å². The van der Waals surface area contributed by atoms with Crippen LogP contribution in [0.3, 0.4) is 0 Å². The molecule has 3 heteroatoms. The lowest BCUT2D eigenvalue weighted by Crippen LogP contribution is -2.36. The van der Waals surface area contributed by atoms with Crippen LogP contribution in [0.1, 0.15) is 19.4 Å². The molecule has 0 aliphatic rings. The second-order valence-electron chi connectivity index (χ2n) is 4.92. The lowest BCUT2D eigenvalue weighted by Gasteiger charge is -2.30. The van der Waals surface area contributed by atoms with Crippen LogP contribution in [-0.2, 0) is 15.1 Å². The number of ether oxygens (including phenoxy) is 1. The fourth-order valence-electron chi connectivity index (χ4n) is 2.31. The maximum Gasteiger partial charge on any atom is 0.311 e. The summed E-state index contributed by atoms with van der Waals surface area (Å²) in [6.45, 7) is 3.32. The topological polar surface area (TPSA) is 46.5 Å². The van der Waals surface area contributed by atoms with E-state index in [0.717, 1.165) is 16.3 Å². The average molecular weight is 258 g/mol. The SMILES string of the molecule is COC(=O)C(C)C(C)(O)c1cccc2ccccc12. The van der Waals surface area contributed by atoms with Gasteiger partial charge in [-0.05, 0) is 30.2 Å². The van der Waals surface area contributed by atoms with Crippen LogP contribution in [0.15, 0.2) is 42.5 Å². The van der Waals surface area contributed by atoms with E-state index in [1.807, 2.05) is 42.5 Å². The number of rotatable bonds is 3. The Morgan fingerprint density at radius 3 is 2.53 bits per heavy atom. The zero-order valence-electron chi connectivity index (χ0n) is 11.4. The largest absolute Gasteiger partial charge is 0.469 e. The Kier molecular flexibility index (Phi) is 3.58. The van der Waals surface area contributed by atoms with Crippen LogP contribution in [-0.4, -0.2) is 18.2 Å². The Labute approximate surface area is 112 Å². The van der Waals surface area contributed by atoms with E-state index < -0.39 is 17.5 Å². The number of hydrogen-bond acceptors (Lipinski definition) is 3. The Hall–Kier alpha value is -1.87. The first-order valence-electron chi connectivity index (χ1n) is 6.27. The molecule has 0 saturated carbocycles. The van der Waals surface area contributed by atoms with Gasteiger partial charge in [-0.1, -0.05) is 42.5 Å². The molecule has 19 heavy (non-hydrogen) atoms. The predicted molar refractivity (Wildman–Crippen MR) is 74.7 cm³/mol. The lowest BCUT2D eigenvalue weighted by molar-refractivity contribution is -0.154. The Balaban J connectivity index is 2.57. The monoisotopic (exact) mass is 258 g/mol. The highest BCUT2D eigenvalue weighted by Crippen LogP contribution is 2.34. The third kappa shape index (κ3) is 2.34. The van der Waals surface area contributed by atoms with E-state index in [9.17, 15) is 9.90 Å². The zero-order valence-corrected chi connectivity index (χ0v) is 11.4. The van der Waals surface area contributed by atoms with Gasteiger partial charge in [-0.2, -0.15) is 0 Å². The molecule has 3 nitrogen and oxygen atoms in total. The van der Waals surface area contributed by atoms with Gasteiger partial charge in [0.05, 0.1) is 13.0 Å². The first-order chi connectivity index (χ1) is 8.98. The minimum atomic E-state index is -1.27. The van der Waals surface area contributed by atoms with Crippen LogP contribution in [0, 0.1) is 5.92 Å². The quantitative estimate of drug-likeness (QED) is 0.861. The molecule has 0 amide bonds. The van der Waals surface area contributed by atoms with E-state index in [1.165, 1.54) is 7.11 Å². The van der Waals surface area contributed by atoms with Crippen LogP contribution in [0.4, 0.5) is 0 Å². The van der Waals surface area contributed by atoms with Gasteiger partial charge in [-0.15, -0.1) is 0 Å². The van der Waals surface area contributed by atoms with E-state index in [4.69, 9.17) is 4.74 Å². The summed E-state index contributed by atoms with van der Waals surface area (Å²) in [6, 6.07) is 13.5. The van der Waals surface area contributed by atoms with Crippen LogP contribution in [0.2, 0.25) is 0 Å². The van der Waals surface area contributed by atoms with Crippen LogP contribution in [0.25, 0.3) is 10.8 Å². The maximum absolute atomic E-state index is 11.7. The summed E-state index contributed by atoms with van der Waals surface area (Å²) >= 11 is 0. The fraction of sp³-hybridized carbons (Fsp3) is 0.312. The van der Waals surface area contributed by atoms with Crippen molar-refractivity contribution < 1.29 is 14.6 Å². The fourth-order valence-corrected chi connectivity index (χ4v) is 2.31. The molecule has 2 unspecified atom stereocenters. The predicted octanol–water partition coefficient (Wildman–Crippen LogP) is 2.86. The van der Waals surface area contributed by atoms with Gasteiger partial charge in [0.25, 0.3) is 0 Å². The first-order valence-corrected chi connectivity index (χ1v) is 6.27. The van der Waals surface area contributed by atoms with Crippen LogP contribution in [0.5, 0.6) is 0 Å². The lowest BCUT2D eigenvalue weighted by atomic mass is 9.81. The number of esters is 1. The van der Waals surface area contributed by atoms with Gasteiger partial charge in [0.2, 0.25) is 0 Å². The van der Waals surface area contributed by atoms with Crippen molar-refractivity contribution in [2.45, 2.75) is 19.4 Å². The normalized spacial score (nSPS) is 15.8. The Morgan fingerprint density at radius 2 is 1.84 bits per heavy atom. The molecule has 0 bridgehead atoms. The summed E-state index contributed by atoms with van der Waals surface area (Å²) in [5, 5.41) is 12.7. The standard InChI is InChI=1S/C16H18O3/c1-11(15(17)19-3)16(2,18)14-10-6-8-12-7-4-5-9-13(12)14/h4-11,18H,1-3H3. The first kappa shape index (κ1) is 13.6. The maximum atomic E-state index is 11.7. The van der Waals surface area contributed by atoms with E-state index in [1.54, 1.807) is 13.8 Å². The molecule has 0 fully saturated rings. The molecule has 100 valence electrons. The molecule has 1 N–H and O–H groups in total. The summed E-state index contributed by atoms with van der Waals surface area (Å²) in [6.07, 6.45) is 0. The molecule has 0 radical (unpaired) electrons. The minimum Gasteiger partial charge on any atom is -0.469 e. The van der Waals surface area contributed by atoms with Crippen molar-refractivity contribution in [1.82, 2.24) is 0 Å². The van der Waals surface area contributed by atoms with Crippen molar-refractivity contribution in [3.8, 4) is 0 Å². The third-order valence-corrected chi connectivity index (χ3v) is 3.73. The van der Waals surface area contributed by atoms with Gasteiger partial charge in [0.15, 0.2) is 0 Å². The molecule has 2 aromatic carbocycles. The number of fused-ring (bicyclic) bond motifs is 1. The van der Waals surface area contributed by atoms with Crippen molar-refractivity contribution in [2.75, 3.05) is 7.11 Å². The summed E-state index contributed by atoms with van der Waals surface area (Å²) in [5.41, 5.74) is -0.531. The number of carbonyl (C=O) groups is 1. The number of benzene rings is 2. The van der Waals surface area contributed by atoms with E-state index in [2.05, 4.69) is 0 Å². The Bertz CT molecular complexity index is 596. The molecule has 2 aromatic rings. The van der Waals surface area contributed by atoms with Crippen molar-refractivity contribution in [2.24, 2.45) is 5.92 Å². The molecule has 2 atom stereocenters. The number of aliphatic hydroxyl groups is 1. The number of carbonyl (C=O) groups excluding carboxylic acids is 1. The van der Waals surface area contributed by atoms with Crippen LogP contribution >= 0.6 is 0 Å². The van der Waals surface area contributed by atoms with Gasteiger partial charge in [0, 0.05) is 0 Å². The van der Waals surface area contributed by atoms with Crippen molar-refractivity contribution in [3.63, 3.8) is 0 Å². The highest BCUT2D eigenvalue weighted by Gasteiger charge is 2.37. The van der Waals surface area contributed by atoms with Gasteiger partial charge >= 0.3 is 5.97 Å². The summed E-state index contributed by atoms with van der Waals surface area (Å²) in [4.78, 5) is 11.7. The molecular formula is C16H18O3. The van der Waals surface area contributed by atoms with E-state index >= 15 is 0 Å². The molecule has 0 aromatic heterocycles. The molecule has 0 aliphatic heterocycles. The smallest absolute Gasteiger partial charge is 0.311 e. The zero-order chi connectivity index (χ0) is 14.0. The van der Waals surface area contributed by atoms with Gasteiger partial charge in [-0.25, -0.2) is 0 Å². The number of hydrogen-bond donors (Lipinski definition) is 1. The number of methoxy groups -OCH3 is 1. The van der Waals surface area contributed by atoms with Gasteiger partial charge in [-0.3, -0.25) is 4.79 Å². The van der Waals surface area contributed by atoms with Gasteiger partial charge in [0.1, 0.15) is 5.60 Å². The minimum absolute atomic E-state index is 0.419. The average Bonchev–Trinajstić information content (AvgIpc) is 2.44. The van der Waals surface area contributed by atoms with Crippen molar-refractivity contribution >= 4 is 16.7 Å². The summed E-state index contributed by atoms with van der Waals surface area (Å²) in [7, 11) is 1.33. The molecule has 0 spiro atoms. The molecule has 0 heterocycles. The second-order valence-corrected chi connectivity index (χ2v) is 4.92. The van der Waals surface area contributed by atoms with Gasteiger partial charge < -0.3 is 9.84 Å². The summed E-state index contributed by atoms with van der Waals surface area (Å²) < 4.78 is 4.73. The molecular weight excluding hydrogens is 240 g/mol. The van der Waals surface area contributed by atoms with Crippen molar-refractivity contribution in [1.29, 1.82) is 0 Å². The summed E-state index contributed by atoms with van der Waals surface area (Å²) in [5.74, 6) is -1.05. The van der Waals surface area contributed by atoms with Crippen molar-refractivity contribution in [3.05, 3.63) is 48.0 Å².